The second kappa shape index (κ2) is 5.81. The summed E-state index contributed by atoms with van der Waals surface area (Å²) in [6.45, 7) is 3.05. The van der Waals surface area contributed by atoms with Gasteiger partial charge in [0.15, 0.2) is 0 Å². The average Bonchev–Trinajstić information content (AvgIpc) is 2.80. The zero-order chi connectivity index (χ0) is 14.5. The second-order valence-corrected chi connectivity index (χ2v) is 5.09. The van der Waals surface area contributed by atoms with Crippen molar-refractivity contribution < 1.29 is 20.8 Å². The third-order valence-electron chi connectivity index (χ3n) is 1.86. The fourth-order valence-corrected chi connectivity index (χ4v) is 1.74. The number of aromatic nitrogens is 1. The molecule has 0 radical (unpaired) electrons. The van der Waals surface area contributed by atoms with Crippen LogP contribution >= 0.6 is 11.3 Å². The van der Waals surface area contributed by atoms with E-state index < -0.39 is 23.7 Å². The first-order valence-corrected chi connectivity index (χ1v) is 6.17. The standard InChI is InChI=1S/C11H16N2O4S/c1-11(2,3)17-10(16)13-8(9(14)15)4-7-5-18-6-12-7/h5-6,8H,4H2,1-3H3,(H,13,16)(H,14,15)/t8-/m0/s1/i1D. The van der Waals surface area contributed by atoms with Gasteiger partial charge < -0.3 is 15.2 Å². The molecular weight excluding hydrogens is 256 g/mol. The van der Waals surface area contributed by atoms with Crippen molar-refractivity contribution in [3.63, 3.8) is 0 Å². The van der Waals surface area contributed by atoms with Crippen LogP contribution in [0, 0.1) is 0 Å². The van der Waals surface area contributed by atoms with Crippen molar-refractivity contribution in [1.29, 1.82) is 0 Å². The number of nitrogens with zero attached hydrogens (tertiary/aromatic N) is 1. The van der Waals surface area contributed by atoms with Crippen LogP contribution in [0.5, 0.6) is 0 Å². The maximum atomic E-state index is 11.6. The Morgan fingerprint density at radius 3 is 2.94 bits per heavy atom. The molecule has 6 nitrogen and oxygen atoms in total. The monoisotopic (exact) mass is 273 g/mol. The average molecular weight is 273 g/mol. The van der Waals surface area contributed by atoms with Crippen LogP contribution in [0.2, 0.25) is 0 Å². The lowest BCUT2D eigenvalue weighted by atomic mass is 10.2. The number of carboxylic acid groups (broad SMARTS) is 1. The lowest BCUT2D eigenvalue weighted by Gasteiger charge is -2.21. The van der Waals surface area contributed by atoms with E-state index in [9.17, 15) is 9.59 Å². The molecule has 1 aromatic rings. The first-order valence-electron chi connectivity index (χ1n) is 5.93. The predicted octanol–water partition coefficient (Wildman–Crippen LogP) is 1.66. The van der Waals surface area contributed by atoms with Crippen molar-refractivity contribution in [2.75, 3.05) is 0 Å². The highest BCUT2D eigenvalue weighted by atomic mass is 32.1. The molecule has 0 aliphatic heterocycles. The fourth-order valence-electron chi connectivity index (χ4n) is 1.17. The van der Waals surface area contributed by atoms with Crippen LogP contribution < -0.4 is 5.32 Å². The maximum Gasteiger partial charge on any atom is 0.408 e. The molecule has 0 aliphatic rings. The van der Waals surface area contributed by atoms with Gasteiger partial charge in [-0.1, -0.05) is 0 Å². The number of carbonyl (C=O) groups excluding carboxylic acids is 1. The van der Waals surface area contributed by atoms with Crippen LogP contribution in [-0.4, -0.2) is 33.8 Å². The van der Waals surface area contributed by atoms with Gasteiger partial charge in [-0.05, 0) is 20.7 Å². The van der Waals surface area contributed by atoms with Crippen molar-refractivity contribution in [3.05, 3.63) is 16.6 Å². The zero-order valence-corrected chi connectivity index (χ0v) is 11.0. The molecule has 0 unspecified atom stereocenters. The number of hydrogen-bond donors (Lipinski definition) is 2. The Hall–Kier alpha value is -1.63. The quantitative estimate of drug-likeness (QED) is 0.871. The molecule has 0 spiro atoms. The van der Waals surface area contributed by atoms with Crippen LogP contribution in [-0.2, 0) is 16.0 Å². The number of ether oxygens (including phenoxy) is 1. The summed E-state index contributed by atoms with van der Waals surface area (Å²) in [6.07, 6.45) is -0.755. The molecular formula is C11H16N2O4S. The Morgan fingerprint density at radius 2 is 2.44 bits per heavy atom. The molecule has 0 bridgehead atoms. The number of rotatable bonds is 4. The third kappa shape index (κ3) is 5.13. The Labute approximate surface area is 110 Å². The molecule has 1 atom stereocenters. The summed E-state index contributed by atoms with van der Waals surface area (Å²) in [4.78, 5) is 26.6. The van der Waals surface area contributed by atoms with Crippen LogP contribution in [0.1, 0.15) is 27.8 Å². The minimum Gasteiger partial charge on any atom is -0.480 e. The van der Waals surface area contributed by atoms with Gasteiger partial charge in [0.05, 0.1) is 11.2 Å². The van der Waals surface area contributed by atoms with Crippen LogP contribution in [0.4, 0.5) is 4.79 Å². The molecule has 2 N–H and O–H groups in total. The van der Waals surface area contributed by atoms with Gasteiger partial charge >= 0.3 is 12.1 Å². The number of aliphatic carboxylic acids is 1. The van der Waals surface area contributed by atoms with E-state index in [4.69, 9.17) is 11.2 Å². The number of carbonyl (C=O) groups is 2. The normalized spacial score (nSPS) is 13.6. The van der Waals surface area contributed by atoms with E-state index in [1.807, 2.05) is 0 Å². The van der Waals surface area contributed by atoms with E-state index >= 15 is 0 Å². The molecule has 0 saturated heterocycles. The molecule has 1 heterocycles. The highest BCUT2D eigenvalue weighted by Gasteiger charge is 2.24. The van der Waals surface area contributed by atoms with Crippen LogP contribution in [0.25, 0.3) is 0 Å². The maximum absolute atomic E-state index is 11.6. The molecule has 0 saturated carbocycles. The van der Waals surface area contributed by atoms with Crippen molar-refractivity contribution in [1.82, 2.24) is 10.3 Å². The summed E-state index contributed by atoms with van der Waals surface area (Å²) in [7, 11) is 0. The Balaban J connectivity index is 2.59. The van der Waals surface area contributed by atoms with Crippen molar-refractivity contribution >= 4 is 23.4 Å². The third-order valence-corrected chi connectivity index (χ3v) is 2.49. The van der Waals surface area contributed by atoms with E-state index in [1.165, 1.54) is 11.3 Å². The number of nitrogens with one attached hydrogen (secondary N) is 1. The Bertz CT molecular complexity index is 436. The highest BCUT2D eigenvalue weighted by molar-refractivity contribution is 7.07. The summed E-state index contributed by atoms with van der Waals surface area (Å²) >= 11 is 1.35. The molecule has 18 heavy (non-hydrogen) atoms. The largest absolute Gasteiger partial charge is 0.480 e. The fraction of sp³-hybridized carbons (Fsp3) is 0.545. The van der Waals surface area contributed by atoms with E-state index in [2.05, 4.69) is 10.3 Å². The van der Waals surface area contributed by atoms with Crippen LogP contribution in [0.15, 0.2) is 10.9 Å². The number of thiazole rings is 1. The van der Waals surface area contributed by atoms with Gasteiger partial charge in [-0.3, -0.25) is 0 Å². The second-order valence-electron chi connectivity index (χ2n) is 4.37. The molecule has 1 amide bonds. The number of hydrogen-bond acceptors (Lipinski definition) is 5. The van der Waals surface area contributed by atoms with Gasteiger partial charge in [0.1, 0.15) is 11.6 Å². The van der Waals surface area contributed by atoms with E-state index in [0.29, 0.717) is 5.69 Å². The van der Waals surface area contributed by atoms with E-state index in [1.54, 1.807) is 24.7 Å². The summed E-state index contributed by atoms with van der Waals surface area (Å²) in [5.74, 6) is -1.16. The number of alkyl carbamates (subject to hydrolysis) is 1. The lowest BCUT2D eigenvalue weighted by molar-refractivity contribution is -0.139. The smallest absolute Gasteiger partial charge is 0.408 e. The molecule has 0 aromatic carbocycles. The SMILES string of the molecule is [2H]CC(C)(C)OC(=O)N[C@@H](Cc1cscn1)C(=O)O. The first kappa shape index (κ1) is 12.8. The van der Waals surface area contributed by atoms with Gasteiger partial charge in [-0.15, -0.1) is 11.3 Å². The molecule has 7 heteroatoms. The summed E-state index contributed by atoms with van der Waals surface area (Å²) in [5.41, 5.74) is 1.24. The Morgan fingerprint density at radius 1 is 1.72 bits per heavy atom. The topological polar surface area (TPSA) is 88.5 Å². The van der Waals surface area contributed by atoms with Gasteiger partial charge in [-0.2, -0.15) is 0 Å². The van der Waals surface area contributed by atoms with Gasteiger partial charge in [-0.25, -0.2) is 14.6 Å². The van der Waals surface area contributed by atoms with Crippen LogP contribution in [0.3, 0.4) is 0 Å². The molecule has 1 aromatic heterocycles. The first-order chi connectivity index (χ1) is 8.84. The predicted molar refractivity (Wildman–Crippen MR) is 66.6 cm³/mol. The molecule has 100 valence electrons. The number of carboxylic acids is 1. The summed E-state index contributed by atoms with van der Waals surface area (Å²) < 4.78 is 12.2. The summed E-state index contributed by atoms with van der Waals surface area (Å²) in [5, 5.41) is 13.0. The Kier molecular flexibility index (Phi) is 4.14. The lowest BCUT2D eigenvalue weighted by Crippen LogP contribution is -2.44. The number of amides is 1. The van der Waals surface area contributed by atoms with Crippen molar-refractivity contribution in [3.8, 4) is 0 Å². The van der Waals surface area contributed by atoms with Crippen molar-refractivity contribution in [2.24, 2.45) is 0 Å². The van der Waals surface area contributed by atoms with Crippen molar-refractivity contribution in [2.45, 2.75) is 38.8 Å². The minimum atomic E-state index is -1.16. The van der Waals surface area contributed by atoms with E-state index in [-0.39, 0.29) is 13.3 Å². The highest BCUT2D eigenvalue weighted by Crippen LogP contribution is 2.08. The summed E-state index contributed by atoms with van der Waals surface area (Å²) in [6, 6.07) is -1.10. The van der Waals surface area contributed by atoms with Gasteiger partial charge in [0.25, 0.3) is 0 Å². The zero-order valence-electron chi connectivity index (χ0n) is 11.2. The molecule has 1 rings (SSSR count). The van der Waals surface area contributed by atoms with E-state index in [0.717, 1.165) is 0 Å². The van der Waals surface area contributed by atoms with Gasteiger partial charge in [0, 0.05) is 13.2 Å². The minimum absolute atomic E-state index is 0.0925. The molecule has 0 fully saturated rings. The molecule has 0 aliphatic carbocycles. The van der Waals surface area contributed by atoms with Gasteiger partial charge in [0.2, 0.25) is 0 Å².